The minimum Gasteiger partial charge on any atom is -0.478 e. The lowest BCUT2D eigenvalue weighted by Gasteiger charge is -2.17. The van der Waals surface area contributed by atoms with Crippen LogP contribution < -0.4 is 5.32 Å². The van der Waals surface area contributed by atoms with Gasteiger partial charge in [0.05, 0.1) is 28.2 Å². The largest absolute Gasteiger partial charge is 0.478 e. The molecule has 0 fully saturated rings. The van der Waals surface area contributed by atoms with Gasteiger partial charge in [-0.1, -0.05) is 36.4 Å². The van der Waals surface area contributed by atoms with Gasteiger partial charge in [-0.3, -0.25) is 4.79 Å². The van der Waals surface area contributed by atoms with Gasteiger partial charge in [0.15, 0.2) is 11.6 Å². The Labute approximate surface area is 236 Å². The standard InChI is InChI=1S/C32H23F5N2O3/c1-18(20-4-6-21(7-5-20)31(41)42)38-30(40)26-12-11-24(22-8-13-27(33)28(34)16-22)25-14-15-39(29(25)26)17-19-2-9-23(10-3-19)32(35,36)37/h2-16,18H,17H2,1H3,(H,38,40)(H,41,42)/t18-/m1/s1. The highest BCUT2D eigenvalue weighted by Crippen LogP contribution is 2.34. The van der Waals surface area contributed by atoms with E-state index in [1.54, 1.807) is 48.0 Å². The molecule has 4 aromatic carbocycles. The van der Waals surface area contributed by atoms with Gasteiger partial charge >= 0.3 is 12.1 Å². The molecule has 1 amide bonds. The predicted molar refractivity (Wildman–Crippen MR) is 147 cm³/mol. The maximum atomic E-state index is 14.1. The van der Waals surface area contributed by atoms with Gasteiger partial charge in [0, 0.05) is 18.1 Å². The van der Waals surface area contributed by atoms with Crippen LogP contribution in [0.4, 0.5) is 22.0 Å². The Kier molecular flexibility index (Phi) is 7.55. The molecule has 0 saturated heterocycles. The first-order valence-corrected chi connectivity index (χ1v) is 12.8. The second-order valence-corrected chi connectivity index (χ2v) is 9.81. The van der Waals surface area contributed by atoms with Crippen LogP contribution in [0.3, 0.4) is 0 Å². The highest BCUT2D eigenvalue weighted by Gasteiger charge is 2.30. The summed E-state index contributed by atoms with van der Waals surface area (Å²) >= 11 is 0. The minimum absolute atomic E-state index is 0.105. The third-order valence-corrected chi connectivity index (χ3v) is 7.04. The van der Waals surface area contributed by atoms with E-state index in [0.717, 1.165) is 24.3 Å². The van der Waals surface area contributed by atoms with Gasteiger partial charge in [-0.05, 0) is 77.7 Å². The second kappa shape index (κ2) is 11.1. The van der Waals surface area contributed by atoms with Crippen LogP contribution >= 0.6 is 0 Å². The Morgan fingerprint density at radius 1 is 0.881 bits per heavy atom. The Hall–Kier alpha value is -4.99. The lowest BCUT2D eigenvalue weighted by molar-refractivity contribution is -0.137. The molecule has 5 rings (SSSR count). The number of hydrogen-bond donors (Lipinski definition) is 2. The number of alkyl halides is 3. The van der Waals surface area contributed by atoms with Gasteiger partial charge in [0.2, 0.25) is 0 Å². The fourth-order valence-corrected chi connectivity index (χ4v) is 4.82. The molecule has 5 nitrogen and oxygen atoms in total. The second-order valence-electron chi connectivity index (χ2n) is 9.81. The normalized spacial score (nSPS) is 12.3. The third kappa shape index (κ3) is 5.74. The minimum atomic E-state index is -4.48. The van der Waals surface area contributed by atoms with Crippen LogP contribution in [-0.2, 0) is 12.7 Å². The van der Waals surface area contributed by atoms with E-state index < -0.39 is 41.3 Å². The highest BCUT2D eigenvalue weighted by atomic mass is 19.4. The Balaban J connectivity index is 1.54. The number of fused-ring (bicyclic) bond motifs is 1. The number of hydrogen-bond acceptors (Lipinski definition) is 2. The van der Waals surface area contributed by atoms with Crippen LogP contribution in [0.2, 0.25) is 0 Å². The van der Waals surface area contributed by atoms with Crippen molar-refractivity contribution < 1.29 is 36.6 Å². The lowest BCUT2D eigenvalue weighted by atomic mass is 9.98. The van der Waals surface area contributed by atoms with Gasteiger partial charge in [-0.15, -0.1) is 0 Å². The van der Waals surface area contributed by atoms with E-state index >= 15 is 0 Å². The summed E-state index contributed by atoms with van der Waals surface area (Å²) in [5.41, 5.74) is 2.15. The van der Waals surface area contributed by atoms with Gasteiger partial charge in [-0.2, -0.15) is 13.2 Å². The van der Waals surface area contributed by atoms with Crippen LogP contribution in [0, 0.1) is 11.6 Å². The van der Waals surface area contributed by atoms with Crippen molar-refractivity contribution in [1.82, 2.24) is 9.88 Å². The maximum Gasteiger partial charge on any atom is 0.416 e. The van der Waals surface area contributed by atoms with Crippen LogP contribution in [-0.4, -0.2) is 21.6 Å². The summed E-state index contributed by atoms with van der Waals surface area (Å²) in [4.78, 5) is 24.7. The van der Waals surface area contributed by atoms with Crippen molar-refractivity contribution in [2.75, 3.05) is 0 Å². The van der Waals surface area contributed by atoms with Crippen LogP contribution in [0.1, 0.15) is 50.4 Å². The molecule has 10 heteroatoms. The maximum absolute atomic E-state index is 14.1. The van der Waals surface area contributed by atoms with Gasteiger partial charge in [0.25, 0.3) is 5.91 Å². The van der Waals surface area contributed by atoms with E-state index in [1.807, 2.05) is 0 Å². The van der Waals surface area contributed by atoms with E-state index in [0.29, 0.717) is 33.2 Å². The number of carbonyl (C=O) groups excluding carboxylic acids is 1. The summed E-state index contributed by atoms with van der Waals surface area (Å²) in [6, 6.07) is 18.6. The number of rotatable bonds is 7. The van der Waals surface area contributed by atoms with Crippen molar-refractivity contribution in [2.24, 2.45) is 0 Å². The molecule has 1 heterocycles. The quantitative estimate of drug-likeness (QED) is 0.193. The van der Waals surface area contributed by atoms with E-state index in [2.05, 4.69) is 5.32 Å². The predicted octanol–water partition coefficient (Wildman–Crippen LogP) is 7.84. The number of aromatic nitrogens is 1. The summed E-state index contributed by atoms with van der Waals surface area (Å²) < 4.78 is 68.6. The molecule has 0 spiro atoms. The topological polar surface area (TPSA) is 71.3 Å². The van der Waals surface area contributed by atoms with Gasteiger partial charge in [-0.25, -0.2) is 13.6 Å². The van der Waals surface area contributed by atoms with Crippen molar-refractivity contribution in [3.05, 3.63) is 131 Å². The fourth-order valence-electron chi connectivity index (χ4n) is 4.82. The molecule has 0 saturated carbocycles. The van der Waals surface area contributed by atoms with E-state index in [-0.39, 0.29) is 17.7 Å². The molecule has 0 aliphatic carbocycles. The zero-order valence-electron chi connectivity index (χ0n) is 22.0. The third-order valence-electron chi connectivity index (χ3n) is 7.04. The molecule has 2 N–H and O–H groups in total. The number of carboxylic acids is 1. The molecule has 0 bridgehead atoms. The number of halogens is 5. The molecule has 0 aliphatic heterocycles. The smallest absolute Gasteiger partial charge is 0.416 e. The summed E-state index contributed by atoms with van der Waals surface area (Å²) in [5.74, 6) is -3.57. The number of nitrogens with zero attached hydrogens (tertiary/aromatic N) is 1. The van der Waals surface area contributed by atoms with Crippen molar-refractivity contribution >= 4 is 22.8 Å². The molecule has 42 heavy (non-hydrogen) atoms. The number of amides is 1. The van der Waals surface area contributed by atoms with E-state index in [9.17, 15) is 31.5 Å². The SMILES string of the molecule is C[C@@H](NC(=O)c1ccc(-c2ccc(F)c(F)c2)c2ccn(Cc3ccc(C(F)(F)F)cc3)c12)c1ccc(C(=O)O)cc1. The summed E-state index contributed by atoms with van der Waals surface area (Å²) in [6.07, 6.45) is -2.80. The van der Waals surface area contributed by atoms with Crippen LogP contribution in [0.25, 0.3) is 22.0 Å². The Morgan fingerprint density at radius 3 is 2.19 bits per heavy atom. The lowest BCUT2D eigenvalue weighted by Crippen LogP contribution is -2.27. The monoisotopic (exact) mass is 578 g/mol. The molecule has 5 aromatic rings. The zero-order valence-corrected chi connectivity index (χ0v) is 22.0. The average molecular weight is 579 g/mol. The fraction of sp³-hybridized carbons (Fsp3) is 0.125. The summed E-state index contributed by atoms with van der Waals surface area (Å²) in [5, 5.41) is 12.6. The Bertz CT molecular complexity index is 1790. The molecule has 0 aliphatic rings. The number of carboxylic acid groups (broad SMARTS) is 1. The molecular weight excluding hydrogens is 555 g/mol. The first kappa shape index (κ1) is 28.5. The molecular formula is C32H23F5N2O3. The van der Waals surface area contributed by atoms with Crippen molar-refractivity contribution in [2.45, 2.75) is 25.7 Å². The number of aromatic carboxylic acids is 1. The average Bonchev–Trinajstić information content (AvgIpc) is 3.37. The van der Waals surface area contributed by atoms with Crippen molar-refractivity contribution in [1.29, 1.82) is 0 Å². The number of nitrogens with one attached hydrogen (secondary N) is 1. The van der Waals surface area contributed by atoms with Gasteiger partial charge in [0.1, 0.15) is 0 Å². The molecule has 0 radical (unpaired) electrons. The summed E-state index contributed by atoms with van der Waals surface area (Å²) in [6.45, 7) is 1.87. The van der Waals surface area contributed by atoms with Crippen molar-refractivity contribution in [3.63, 3.8) is 0 Å². The van der Waals surface area contributed by atoms with Crippen molar-refractivity contribution in [3.8, 4) is 11.1 Å². The first-order chi connectivity index (χ1) is 19.9. The number of carbonyl (C=O) groups is 2. The van der Waals surface area contributed by atoms with E-state index in [4.69, 9.17) is 5.11 Å². The van der Waals surface area contributed by atoms with E-state index in [1.165, 1.54) is 30.3 Å². The van der Waals surface area contributed by atoms with Crippen LogP contribution in [0.15, 0.2) is 91.1 Å². The van der Waals surface area contributed by atoms with Gasteiger partial charge < -0.3 is 15.0 Å². The Morgan fingerprint density at radius 2 is 1.57 bits per heavy atom. The zero-order chi connectivity index (χ0) is 30.2. The summed E-state index contributed by atoms with van der Waals surface area (Å²) in [7, 11) is 0. The highest BCUT2D eigenvalue weighted by molar-refractivity contribution is 6.10. The molecule has 1 aromatic heterocycles. The molecule has 1 atom stereocenters. The van der Waals surface area contributed by atoms with Crippen LogP contribution in [0.5, 0.6) is 0 Å². The number of benzene rings is 4. The molecule has 0 unspecified atom stereocenters. The molecule has 214 valence electrons. The first-order valence-electron chi connectivity index (χ1n) is 12.8.